The van der Waals surface area contributed by atoms with E-state index < -0.39 is 0 Å². The molecule has 1 heterocycles. The van der Waals surface area contributed by atoms with Crippen LogP contribution in [0.5, 0.6) is 5.75 Å². The minimum atomic E-state index is -0.248. The van der Waals surface area contributed by atoms with Crippen molar-refractivity contribution < 1.29 is 14.3 Å². The molecule has 0 radical (unpaired) electrons. The standard InChI is InChI=1S/C20H19NO3S/c1-14-18(25-20(21-14)16-6-4-3-5-7-16)13-24-17-10-8-15(9-11-17)12-19(22)23-2/h3-11H,12-13H2,1-2H3. The zero-order valence-corrected chi connectivity index (χ0v) is 15.0. The van der Waals surface area contributed by atoms with Gasteiger partial charge in [0.1, 0.15) is 17.4 Å². The van der Waals surface area contributed by atoms with Gasteiger partial charge in [0.15, 0.2) is 0 Å². The lowest BCUT2D eigenvalue weighted by molar-refractivity contribution is -0.139. The second kappa shape index (κ2) is 7.94. The van der Waals surface area contributed by atoms with E-state index in [0.717, 1.165) is 32.5 Å². The molecule has 0 bridgehead atoms. The third-order valence-electron chi connectivity index (χ3n) is 3.78. The third-order valence-corrected chi connectivity index (χ3v) is 4.96. The molecule has 2 aromatic carbocycles. The van der Waals surface area contributed by atoms with Crippen LogP contribution in [-0.2, 0) is 22.6 Å². The molecule has 0 saturated heterocycles. The molecular weight excluding hydrogens is 334 g/mol. The Morgan fingerprint density at radius 2 is 1.80 bits per heavy atom. The van der Waals surface area contributed by atoms with Crippen LogP contribution in [0.4, 0.5) is 0 Å². The summed E-state index contributed by atoms with van der Waals surface area (Å²) < 4.78 is 10.5. The molecule has 0 aliphatic rings. The molecule has 25 heavy (non-hydrogen) atoms. The maximum atomic E-state index is 11.3. The Morgan fingerprint density at radius 3 is 2.48 bits per heavy atom. The normalized spacial score (nSPS) is 10.5. The molecule has 0 N–H and O–H groups in total. The largest absolute Gasteiger partial charge is 0.488 e. The minimum absolute atomic E-state index is 0.248. The first-order chi connectivity index (χ1) is 12.2. The number of carbonyl (C=O) groups is 1. The lowest BCUT2D eigenvalue weighted by Crippen LogP contribution is -2.04. The summed E-state index contributed by atoms with van der Waals surface area (Å²) in [7, 11) is 1.39. The van der Waals surface area contributed by atoms with Gasteiger partial charge in [0.2, 0.25) is 0 Å². The van der Waals surface area contributed by atoms with Crippen LogP contribution in [0.3, 0.4) is 0 Å². The Labute approximate surface area is 151 Å². The monoisotopic (exact) mass is 353 g/mol. The number of benzene rings is 2. The molecule has 1 aromatic heterocycles. The summed E-state index contributed by atoms with van der Waals surface area (Å²) in [6, 6.07) is 17.6. The number of hydrogen-bond donors (Lipinski definition) is 0. The smallest absolute Gasteiger partial charge is 0.309 e. The van der Waals surface area contributed by atoms with E-state index in [1.807, 2.05) is 49.4 Å². The second-order valence-corrected chi connectivity index (χ2v) is 6.66. The zero-order valence-electron chi connectivity index (χ0n) is 14.2. The Morgan fingerprint density at radius 1 is 1.08 bits per heavy atom. The number of hydrogen-bond acceptors (Lipinski definition) is 5. The molecule has 3 aromatic rings. The summed E-state index contributed by atoms with van der Waals surface area (Å²) in [6.07, 6.45) is 0.269. The number of esters is 1. The van der Waals surface area contributed by atoms with E-state index >= 15 is 0 Å². The first-order valence-electron chi connectivity index (χ1n) is 7.96. The Balaban J connectivity index is 1.64. The van der Waals surface area contributed by atoms with Crippen molar-refractivity contribution in [3.8, 4) is 16.3 Å². The molecule has 0 aliphatic heterocycles. The highest BCUT2D eigenvalue weighted by Gasteiger charge is 2.10. The van der Waals surface area contributed by atoms with Crippen molar-refractivity contribution in [3.63, 3.8) is 0 Å². The molecular formula is C20H19NO3S. The number of aromatic nitrogens is 1. The molecule has 0 spiro atoms. The van der Waals surface area contributed by atoms with Crippen LogP contribution in [0.2, 0.25) is 0 Å². The van der Waals surface area contributed by atoms with Gasteiger partial charge in [-0.25, -0.2) is 4.98 Å². The number of aryl methyl sites for hydroxylation is 1. The van der Waals surface area contributed by atoms with Gasteiger partial charge < -0.3 is 9.47 Å². The van der Waals surface area contributed by atoms with Crippen LogP contribution in [-0.4, -0.2) is 18.1 Å². The van der Waals surface area contributed by atoms with E-state index in [1.54, 1.807) is 11.3 Å². The predicted molar refractivity (Wildman–Crippen MR) is 98.8 cm³/mol. The summed E-state index contributed by atoms with van der Waals surface area (Å²) in [6.45, 7) is 2.48. The maximum Gasteiger partial charge on any atom is 0.309 e. The van der Waals surface area contributed by atoms with Crippen LogP contribution in [0.15, 0.2) is 54.6 Å². The molecule has 128 valence electrons. The van der Waals surface area contributed by atoms with Crippen molar-refractivity contribution in [1.82, 2.24) is 4.98 Å². The maximum absolute atomic E-state index is 11.3. The van der Waals surface area contributed by atoms with Crippen molar-refractivity contribution >= 4 is 17.3 Å². The molecule has 0 fully saturated rings. The molecule has 5 heteroatoms. The Hall–Kier alpha value is -2.66. The van der Waals surface area contributed by atoms with Gasteiger partial charge in [-0.3, -0.25) is 4.79 Å². The van der Waals surface area contributed by atoms with Crippen LogP contribution < -0.4 is 4.74 Å². The summed E-state index contributed by atoms with van der Waals surface area (Å²) in [5.74, 6) is 0.519. The van der Waals surface area contributed by atoms with Crippen LogP contribution in [0.25, 0.3) is 10.6 Å². The summed E-state index contributed by atoms with van der Waals surface area (Å²) >= 11 is 1.65. The van der Waals surface area contributed by atoms with Gasteiger partial charge in [-0.1, -0.05) is 42.5 Å². The summed E-state index contributed by atoms with van der Waals surface area (Å²) in [4.78, 5) is 17.0. The molecule has 0 amide bonds. The first kappa shape index (κ1) is 17.2. The van der Waals surface area contributed by atoms with Gasteiger partial charge in [-0.2, -0.15) is 0 Å². The molecule has 4 nitrogen and oxygen atoms in total. The highest BCUT2D eigenvalue weighted by molar-refractivity contribution is 7.15. The third kappa shape index (κ3) is 4.45. The van der Waals surface area contributed by atoms with Crippen molar-refractivity contribution in [2.45, 2.75) is 20.0 Å². The average molecular weight is 353 g/mol. The average Bonchev–Trinajstić information content (AvgIpc) is 3.02. The summed E-state index contributed by atoms with van der Waals surface area (Å²) in [5.41, 5.74) is 3.01. The number of ether oxygens (including phenoxy) is 2. The highest BCUT2D eigenvalue weighted by atomic mass is 32.1. The molecule has 0 aliphatic carbocycles. The van der Waals surface area contributed by atoms with Crippen LogP contribution in [0.1, 0.15) is 16.1 Å². The van der Waals surface area contributed by atoms with E-state index in [0.29, 0.717) is 6.61 Å². The van der Waals surface area contributed by atoms with Gasteiger partial charge in [0, 0.05) is 5.56 Å². The van der Waals surface area contributed by atoms with Crippen LogP contribution in [0, 0.1) is 6.92 Å². The van der Waals surface area contributed by atoms with Gasteiger partial charge in [0.25, 0.3) is 0 Å². The van der Waals surface area contributed by atoms with E-state index in [1.165, 1.54) is 7.11 Å². The minimum Gasteiger partial charge on any atom is -0.488 e. The van der Waals surface area contributed by atoms with Crippen molar-refractivity contribution in [1.29, 1.82) is 0 Å². The number of rotatable bonds is 6. The Bertz CT molecular complexity index is 841. The number of thiazole rings is 1. The van der Waals surface area contributed by atoms with E-state index in [9.17, 15) is 4.79 Å². The second-order valence-electron chi connectivity index (χ2n) is 5.58. The summed E-state index contributed by atoms with van der Waals surface area (Å²) in [5, 5.41) is 1.00. The number of nitrogens with zero attached hydrogens (tertiary/aromatic N) is 1. The van der Waals surface area contributed by atoms with E-state index in [-0.39, 0.29) is 12.4 Å². The van der Waals surface area contributed by atoms with Gasteiger partial charge in [0.05, 0.1) is 24.1 Å². The van der Waals surface area contributed by atoms with Gasteiger partial charge in [-0.05, 0) is 24.6 Å². The highest BCUT2D eigenvalue weighted by Crippen LogP contribution is 2.28. The van der Waals surface area contributed by atoms with Gasteiger partial charge >= 0.3 is 5.97 Å². The molecule has 0 atom stereocenters. The quantitative estimate of drug-likeness (QED) is 0.616. The first-order valence-corrected chi connectivity index (χ1v) is 8.77. The zero-order chi connectivity index (χ0) is 17.6. The number of carbonyl (C=O) groups excluding carboxylic acids is 1. The molecule has 0 unspecified atom stereocenters. The van der Waals surface area contributed by atoms with Crippen molar-refractivity contribution in [2.24, 2.45) is 0 Å². The fourth-order valence-electron chi connectivity index (χ4n) is 2.36. The van der Waals surface area contributed by atoms with Gasteiger partial charge in [-0.15, -0.1) is 11.3 Å². The topological polar surface area (TPSA) is 48.4 Å². The predicted octanol–water partition coefficient (Wildman–Crippen LogP) is 4.41. The van der Waals surface area contributed by atoms with Crippen LogP contribution >= 0.6 is 11.3 Å². The molecule has 0 saturated carbocycles. The SMILES string of the molecule is COC(=O)Cc1ccc(OCc2sc(-c3ccccc3)nc2C)cc1. The Kier molecular flexibility index (Phi) is 5.46. The fraction of sp³-hybridized carbons (Fsp3) is 0.200. The van der Waals surface area contributed by atoms with Crippen molar-refractivity contribution in [3.05, 3.63) is 70.7 Å². The van der Waals surface area contributed by atoms with E-state index in [4.69, 9.17) is 4.74 Å². The number of methoxy groups -OCH3 is 1. The van der Waals surface area contributed by atoms with Crippen molar-refractivity contribution in [2.75, 3.05) is 7.11 Å². The lowest BCUT2D eigenvalue weighted by atomic mass is 10.1. The fourth-order valence-corrected chi connectivity index (χ4v) is 3.34. The lowest BCUT2D eigenvalue weighted by Gasteiger charge is -2.06. The van der Waals surface area contributed by atoms with E-state index in [2.05, 4.69) is 21.9 Å². The molecule has 3 rings (SSSR count).